The summed E-state index contributed by atoms with van der Waals surface area (Å²) < 4.78 is 152. The number of rotatable bonds is 6. The van der Waals surface area contributed by atoms with E-state index in [-0.39, 0.29) is 82.3 Å². The lowest BCUT2D eigenvalue weighted by Gasteiger charge is -2.33. The van der Waals surface area contributed by atoms with Gasteiger partial charge in [-0.25, -0.2) is 52.9 Å². The predicted octanol–water partition coefficient (Wildman–Crippen LogP) is 0.190. The van der Waals surface area contributed by atoms with Crippen LogP contribution in [0.1, 0.15) is 48.4 Å². The van der Waals surface area contributed by atoms with Crippen LogP contribution in [0.4, 0.5) is 43.8 Å². The summed E-state index contributed by atoms with van der Waals surface area (Å²) in [5, 5.41) is 44.6. The van der Waals surface area contributed by atoms with Crippen molar-refractivity contribution in [1.29, 1.82) is 0 Å². The predicted molar refractivity (Wildman–Crippen MR) is 499 cm³/mol. The molecule has 21 heterocycles. The monoisotopic (exact) mass is 2180 g/mol. The van der Waals surface area contributed by atoms with Gasteiger partial charge in [0.2, 0.25) is 23.5 Å². The van der Waals surface area contributed by atoms with Gasteiger partial charge in [0.25, 0.3) is 16.7 Å². The Hall–Kier alpha value is -7.81. The van der Waals surface area contributed by atoms with Gasteiger partial charge in [-0.05, 0) is 77.2 Å². The quantitative estimate of drug-likeness (QED) is 0.0600. The molecule has 0 saturated carbocycles. The molecule has 9 saturated heterocycles. The highest BCUT2D eigenvalue weighted by Gasteiger charge is 2.63. The lowest BCUT2D eigenvalue weighted by molar-refractivity contribution is -0.0912. The van der Waals surface area contributed by atoms with E-state index in [1.54, 1.807) is 18.3 Å². The van der Waals surface area contributed by atoms with Crippen LogP contribution in [-0.2, 0) is 142 Å². The number of alkyl halides is 2. The van der Waals surface area contributed by atoms with Crippen LogP contribution in [0.3, 0.4) is 0 Å². The average Bonchev–Trinajstić information content (AvgIpc) is 1.59. The number of thioether (sulfide) groups is 1. The fraction of sp³-hybridized carbons (Fsp3) is 0.455. The van der Waals surface area contributed by atoms with Gasteiger partial charge in [0.1, 0.15) is 83.3 Å². The van der Waals surface area contributed by atoms with Crippen molar-refractivity contribution in [2.75, 3.05) is 74.0 Å². The number of aliphatic hydroxyl groups excluding tert-OH is 3. The second-order valence-electron chi connectivity index (χ2n) is 31.3. The molecule has 6 bridgehead atoms. The standard InChI is InChI=1S/C23H24FN9O10P2S2.C23H24FN9O9P2S3.C20H24N10O9P2S3/c1-2-23-6-39-45(37,47)42-15-11(24)10(40-21(15)33-8-29-13-18(33)30-22(26)31-19(13)35)5-38-44(36,46)43-16(23)14(34)20(41-23)32-7-28-12-9(25)3-4-27-17(12)32;1-2-23-6-38-43(36,45)41-15-11(24)10(39-21(15)33-8-29-13-18(33)30-22(26)31-19(13)35)5-37-44(46,47)42-16(23)14(34)20(40-23)32-7-28-12-9(25)3-4-27-17(12)32;21-12-1-2-23-16-7(4-24-29(12)16)8-3-9-10(37-8)5-35-41(34,43)39-15-14(31)11(6-36-40(33,42)38-9)44-19(15)30-17-13(27-28-30)18(32)26-20(22)25-17/h1,3-4,7-8,10-11,14-16,20-21,34H,5-6H2,(H2,25,27)(H,36,46)(H,37,47)(H3,26,30,31,35);1,3-4,7-8,10-11,14-16,20-21,34H,5-6H2,(H2,25,27)(H,36,45)(H,46,47)(H3,26,30,31,35);1-2,4,8-11,14-15,19,31H,3,5-6,21H2,(H,33,42)(H,34,43)(H3,22,25,26,32)/t10-,11-,14-,15-,16+,20-,21-,23-,44?,45?;10-,11-,14-,15-,16+,20-,21-,23-,43?;8-,9+,10-,11-,14-,15-,19-,40?,41?/m111/s1. The van der Waals surface area contributed by atoms with E-state index >= 15 is 8.78 Å². The minimum atomic E-state index is -4.45. The summed E-state index contributed by atoms with van der Waals surface area (Å²) in [7, 11) is 0. The van der Waals surface area contributed by atoms with E-state index in [0.717, 1.165) is 29.0 Å². The van der Waals surface area contributed by atoms with Crippen LogP contribution in [0.15, 0.2) is 82.7 Å². The number of aromatic nitrogens is 22. The van der Waals surface area contributed by atoms with Crippen LogP contribution in [0.25, 0.3) is 61.5 Å². The van der Waals surface area contributed by atoms with E-state index in [9.17, 15) is 53.8 Å². The van der Waals surface area contributed by atoms with Crippen molar-refractivity contribution >= 4 is 231 Å². The molecule has 9 fully saturated rings. The number of fused-ring (bicyclic) bond motifs is 15. The van der Waals surface area contributed by atoms with Gasteiger partial charge in [-0.2, -0.15) is 24.6 Å². The number of nitrogens with two attached hydrogens (primary N) is 6. The Balaban J connectivity index is 0.000000132. The third kappa shape index (κ3) is 18.8. The number of nitrogens with one attached hydrogen (secondary N) is 3. The summed E-state index contributed by atoms with van der Waals surface area (Å²) in [5.41, 5.74) is 27.6. The molecule has 138 heavy (non-hydrogen) atoms. The molecule has 0 spiro atoms. The number of aliphatic hydroxyl groups is 3. The van der Waals surface area contributed by atoms with Gasteiger partial charge in [0, 0.05) is 30.6 Å². The molecule has 6 unspecified atom stereocenters. The third-order valence-electron chi connectivity index (χ3n) is 22.7. The zero-order valence-corrected chi connectivity index (χ0v) is 81.1. The van der Waals surface area contributed by atoms with Crippen molar-refractivity contribution in [3.63, 3.8) is 0 Å². The summed E-state index contributed by atoms with van der Waals surface area (Å²) in [6.45, 7) is -24.8. The number of nitrogen functional groups attached to an aromatic ring is 6. The van der Waals surface area contributed by atoms with Crippen LogP contribution < -0.4 is 51.1 Å². The Morgan fingerprint density at radius 3 is 1.50 bits per heavy atom. The number of pyridine rings is 2. The Bertz CT molecular complexity index is 7160. The molecular weight excluding hydrogens is 2110 g/mol. The zero-order chi connectivity index (χ0) is 97.9. The van der Waals surface area contributed by atoms with E-state index < -0.39 is 221 Å². The summed E-state index contributed by atoms with van der Waals surface area (Å²) in [4.78, 5) is 130. The molecule has 12 aromatic heterocycles. The van der Waals surface area contributed by atoms with E-state index in [4.69, 9.17) is 184 Å². The maximum atomic E-state index is 16.0. The fourth-order valence-electron chi connectivity index (χ4n) is 16.4. The molecule has 72 heteroatoms. The second-order valence-corrected chi connectivity index (χ2v) is 52.0. The van der Waals surface area contributed by atoms with E-state index in [2.05, 4.69) is 117 Å². The molecule has 22 N–H and O–H groups in total. The van der Waals surface area contributed by atoms with Crippen LogP contribution >= 0.6 is 75.6 Å². The highest BCUT2D eigenvalue weighted by atomic mass is 32.9. The number of hydrogen-bond donors (Lipinski definition) is 18. The average molecular weight is 2190 g/mol. The van der Waals surface area contributed by atoms with Crippen molar-refractivity contribution in [3.8, 4) is 24.7 Å². The van der Waals surface area contributed by atoms with E-state index in [0.29, 0.717) is 39.4 Å². The Kier molecular flexibility index (Phi) is 26.8. The summed E-state index contributed by atoms with van der Waals surface area (Å²) in [6.07, 6.45) is -4.48. The lowest BCUT2D eigenvalue weighted by atomic mass is 9.97. The Labute approximate surface area is 808 Å². The number of aromatic amines is 3. The minimum Gasteiger partial charge on any atom is -0.397 e. The molecule has 56 nitrogen and oxygen atoms in total. The van der Waals surface area contributed by atoms with Crippen molar-refractivity contribution < 1.29 is 126 Å². The second kappa shape index (κ2) is 37.4. The molecule has 9 aliphatic heterocycles. The summed E-state index contributed by atoms with van der Waals surface area (Å²) in [5.74, 6) is 4.44. The molecule has 736 valence electrons. The van der Waals surface area contributed by atoms with Crippen LogP contribution in [0, 0.1) is 24.7 Å². The first-order valence-electron chi connectivity index (χ1n) is 39.8. The smallest absolute Gasteiger partial charge is 0.386 e. The van der Waals surface area contributed by atoms with Gasteiger partial charge < -0.3 is 125 Å². The fourth-order valence-corrected chi connectivity index (χ4v) is 27.1. The highest BCUT2D eigenvalue weighted by Crippen LogP contribution is 2.64. The largest absolute Gasteiger partial charge is 0.397 e. The van der Waals surface area contributed by atoms with Crippen LogP contribution in [-0.4, -0.2) is 284 Å². The van der Waals surface area contributed by atoms with Gasteiger partial charge in [0.05, 0.1) is 106 Å². The van der Waals surface area contributed by atoms with Gasteiger partial charge >= 0.3 is 33.7 Å². The molecule has 9 aliphatic rings. The van der Waals surface area contributed by atoms with Crippen molar-refractivity contribution in [2.24, 2.45) is 0 Å². The van der Waals surface area contributed by atoms with Gasteiger partial charge in [-0.1, -0.05) is 41.6 Å². The maximum absolute atomic E-state index is 16.0. The molecule has 12 aromatic rings. The third-order valence-corrected chi connectivity index (χ3v) is 34.2. The number of thiol groups is 2. The van der Waals surface area contributed by atoms with Gasteiger partial charge in [-0.15, -0.1) is 29.7 Å². The van der Waals surface area contributed by atoms with Crippen molar-refractivity contribution in [2.45, 2.75) is 145 Å². The first-order chi connectivity index (χ1) is 65.3. The van der Waals surface area contributed by atoms with E-state index in [1.807, 2.05) is 0 Å². The molecular formula is C66H72F2N28O28P6S8. The molecule has 0 amide bonds. The van der Waals surface area contributed by atoms with Crippen molar-refractivity contribution in [3.05, 3.63) is 105 Å². The van der Waals surface area contributed by atoms with Crippen LogP contribution in [0.5, 0.6) is 0 Å². The Morgan fingerprint density at radius 2 is 0.964 bits per heavy atom. The molecule has 29 atom stereocenters. The van der Waals surface area contributed by atoms with Gasteiger partial charge in [0.15, 0.2) is 98.9 Å². The number of H-pyrrole nitrogens is 3. The van der Waals surface area contributed by atoms with Gasteiger partial charge in [-0.3, -0.25) is 70.2 Å². The molecule has 0 aliphatic carbocycles. The SMILES string of the molecule is C#C[C@@]12COP(O)(=S)O[C@@H]3[C@H](F)[C@@H](COP(=S)(S)O[C@H]1[C@@H](O)[C@H](n1cnc4c(N)ccnc41)O2)O[C@H]3n1cnc2c(=O)[nH]c(N)nc21.C#C[C@@]12COP(O)(=S)O[C@@H]3[C@H](F)[C@@H](COP(O)(=S)O[C@H]1[C@@H](O)[C@H](n1cnc4c(N)ccnc41)O2)O[C@H]3n1cnc2c(=O)[nH]c(N)nc21.Nc1nc2c(nnn2[C@@H]2S[C@@H]3COP(O)(=S)O[C@H]4C[C@H](c5cnn6c(N)ccnc56)O[C@@H]4COP(=O)(S)O[C@@H]2[C@@H]3O)c(=O)[nH]1. The number of terminal acetylenes is 2. The number of nitrogens with zero attached hydrogens (tertiary/aromatic N) is 19. The first kappa shape index (κ1) is 98.9. The molecule has 0 aromatic carbocycles. The zero-order valence-electron chi connectivity index (χ0n) is 69.0. The number of imidazole rings is 4. The highest BCUT2D eigenvalue weighted by molar-refractivity contribution is 8.60. The lowest BCUT2D eigenvalue weighted by Crippen LogP contribution is -2.47. The van der Waals surface area contributed by atoms with Crippen LogP contribution in [0.2, 0.25) is 0 Å². The normalized spacial score (nSPS) is 37.5. The number of hydrogen-bond acceptors (Lipinski definition) is 49. The number of anilines is 6. The Morgan fingerprint density at radius 1 is 0.507 bits per heavy atom. The first-order valence-corrected chi connectivity index (χ1v) is 57.6. The topological polar surface area (TPSA) is 767 Å². The molecule has 0 radical (unpaired) electrons. The minimum absolute atomic E-state index is 0.00469. The maximum Gasteiger partial charge on any atom is 0.386 e. The number of halogens is 2. The molecule has 21 rings (SSSR count). The summed E-state index contributed by atoms with van der Waals surface area (Å²) >= 11 is 36.2. The number of ether oxygens (including phenoxy) is 5. The summed E-state index contributed by atoms with van der Waals surface area (Å²) in [6, 6.07) is 4.67. The van der Waals surface area contributed by atoms with Crippen molar-refractivity contribution in [1.82, 2.24) is 108 Å². The van der Waals surface area contributed by atoms with E-state index in [1.165, 1.54) is 60.2 Å².